The molecule has 0 saturated heterocycles. The van der Waals surface area contributed by atoms with Crippen molar-refractivity contribution in [2.24, 2.45) is 0 Å². The summed E-state index contributed by atoms with van der Waals surface area (Å²) in [5.41, 5.74) is 2.53. The zero-order valence-electron chi connectivity index (χ0n) is 20.6. The van der Waals surface area contributed by atoms with E-state index < -0.39 is 12.1 Å². The molecule has 0 radical (unpaired) electrons. The molecule has 0 spiro atoms. The predicted molar refractivity (Wildman–Crippen MR) is 148 cm³/mol. The number of aryl methyl sites for hydroxylation is 1. The van der Waals surface area contributed by atoms with Crippen LogP contribution in [0.25, 0.3) is 28.2 Å². The molecule has 12 nitrogen and oxygen atoms in total. The van der Waals surface area contributed by atoms with Crippen molar-refractivity contribution in [3.8, 4) is 28.2 Å². The number of nitrogens with zero attached hydrogens (tertiary/aromatic N) is 7. The third kappa shape index (κ3) is 4.81. The van der Waals surface area contributed by atoms with Crippen molar-refractivity contribution in [3.05, 3.63) is 86.1 Å². The SMILES string of the molecule is COC(=O)Nc1ccc(-c2nc([C@@H]3CCc4nc(-c5cc(Cl)ccc5-n5cc(Cl)nn5)cc(=O)n43)[nH]c2Cl)cn1. The molecule has 1 atom stereocenters. The van der Waals surface area contributed by atoms with Crippen LogP contribution in [0.5, 0.6) is 0 Å². The number of methoxy groups -OCH3 is 1. The van der Waals surface area contributed by atoms with E-state index in [-0.39, 0.29) is 10.7 Å². The fourth-order valence-corrected chi connectivity index (χ4v) is 5.14. The second-order valence-corrected chi connectivity index (χ2v) is 10.0. The number of aromatic amines is 1. The Morgan fingerprint density at radius 2 is 2.00 bits per heavy atom. The molecule has 0 fully saturated rings. The molecule has 0 bridgehead atoms. The maximum atomic E-state index is 13.4. The van der Waals surface area contributed by atoms with Crippen LogP contribution in [0, 0.1) is 0 Å². The molecule has 4 aromatic heterocycles. The summed E-state index contributed by atoms with van der Waals surface area (Å²) in [6, 6.07) is 9.58. The molecule has 0 saturated carbocycles. The zero-order valence-corrected chi connectivity index (χ0v) is 22.9. The van der Waals surface area contributed by atoms with Crippen molar-refractivity contribution in [3.63, 3.8) is 0 Å². The number of halogens is 3. The van der Waals surface area contributed by atoms with Crippen LogP contribution >= 0.6 is 34.8 Å². The topological polar surface area (TPSA) is 146 Å². The molecular formula is C25H18Cl3N9O3. The summed E-state index contributed by atoms with van der Waals surface area (Å²) in [5.74, 6) is 1.44. The molecule has 0 unspecified atom stereocenters. The minimum absolute atomic E-state index is 0.229. The van der Waals surface area contributed by atoms with Crippen LogP contribution in [-0.2, 0) is 11.2 Å². The van der Waals surface area contributed by atoms with Crippen LogP contribution in [0.2, 0.25) is 15.3 Å². The van der Waals surface area contributed by atoms with Gasteiger partial charge in [0, 0.05) is 34.8 Å². The highest BCUT2D eigenvalue weighted by Gasteiger charge is 2.30. The number of ether oxygens (including phenoxy) is 1. The number of fused-ring (bicyclic) bond motifs is 1. The van der Waals surface area contributed by atoms with Crippen molar-refractivity contribution in [1.29, 1.82) is 0 Å². The van der Waals surface area contributed by atoms with Gasteiger partial charge in [-0.1, -0.05) is 40.0 Å². The quantitative estimate of drug-likeness (QED) is 0.289. The number of anilines is 1. The van der Waals surface area contributed by atoms with E-state index in [9.17, 15) is 9.59 Å². The third-order valence-electron chi connectivity index (χ3n) is 6.37. The van der Waals surface area contributed by atoms with Gasteiger partial charge in [-0.3, -0.25) is 14.7 Å². The highest BCUT2D eigenvalue weighted by atomic mass is 35.5. The maximum absolute atomic E-state index is 13.4. The first-order valence-corrected chi connectivity index (χ1v) is 13.0. The van der Waals surface area contributed by atoms with Gasteiger partial charge in [0.25, 0.3) is 5.56 Å². The van der Waals surface area contributed by atoms with E-state index in [1.807, 2.05) is 0 Å². The number of aromatic nitrogens is 8. The van der Waals surface area contributed by atoms with E-state index in [0.29, 0.717) is 68.7 Å². The molecule has 1 aliphatic rings. The Bertz CT molecular complexity index is 1810. The number of nitrogens with one attached hydrogen (secondary N) is 2. The third-order valence-corrected chi connectivity index (χ3v) is 7.05. The van der Waals surface area contributed by atoms with Crippen LogP contribution in [0.3, 0.4) is 0 Å². The fraction of sp³-hybridized carbons (Fsp3) is 0.160. The number of amides is 1. The average molecular weight is 599 g/mol. The number of carbonyl (C=O) groups is 1. The predicted octanol–water partition coefficient (Wildman–Crippen LogP) is 4.95. The molecule has 2 N–H and O–H groups in total. The highest BCUT2D eigenvalue weighted by molar-refractivity contribution is 6.32. The number of rotatable bonds is 5. The second-order valence-electron chi connectivity index (χ2n) is 8.80. The van der Waals surface area contributed by atoms with Crippen molar-refractivity contribution in [1.82, 2.24) is 39.5 Å². The Morgan fingerprint density at radius 1 is 1.15 bits per heavy atom. The van der Waals surface area contributed by atoms with Gasteiger partial charge in [0.1, 0.15) is 28.3 Å². The molecule has 1 aliphatic heterocycles. The molecule has 40 heavy (non-hydrogen) atoms. The molecule has 6 rings (SSSR count). The van der Waals surface area contributed by atoms with Gasteiger partial charge in [0.2, 0.25) is 0 Å². The first-order chi connectivity index (χ1) is 19.3. The van der Waals surface area contributed by atoms with Crippen molar-refractivity contribution in [2.45, 2.75) is 18.9 Å². The number of H-pyrrole nitrogens is 1. The van der Waals surface area contributed by atoms with Crippen molar-refractivity contribution < 1.29 is 9.53 Å². The van der Waals surface area contributed by atoms with Gasteiger partial charge in [0.15, 0.2) is 5.15 Å². The Hall–Kier alpha value is -4.26. The summed E-state index contributed by atoms with van der Waals surface area (Å²) in [7, 11) is 1.27. The second kappa shape index (κ2) is 10.4. The van der Waals surface area contributed by atoms with Crippen LogP contribution in [0.15, 0.2) is 53.6 Å². The number of carbonyl (C=O) groups excluding carboxylic acids is 1. The minimum Gasteiger partial charge on any atom is -0.453 e. The van der Waals surface area contributed by atoms with E-state index in [1.165, 1.54) is 24.1 Å². The lowest BCUT2D eigenvalue weighted by Crippen LogP contribution is -2.25. The Labute approximate surface area is 240 Å². The zero-order chi connectivity index (χ0) is 28.0. The monoisotopic (exact) mass is 597 g/mol. The normalized spacial score (nSPS) is 14.2. The van der Waals surface area contributed by atoms with Gasteiger partial charge >= 0.3 is 6.09 Å². The number of imidazole rings is 1. The van der Waals surface area contributed by atoms with Crippen LogP contribution in [-0.4, -0.2) is 52.7 Å². The summed E-state index contributed by atoms with van der Waals surface area (Å²) in [5, 5.41) is 11.4. The van der Waals surface area contributed by atoms with Crippen molar-refractivity contribution >= 4 is 46.7 Å². The van der Waals surface area contributed by atoms with E-state index in [4.69, 9.17) is 39.8 Å². The van der Waals surface area contributed by atoms with E-state index in [1.54, 1.807) is 41.1 Å². The van der Waals surface area contributed by atoms with Gasteiger partial charge in [-0.2, -0.15) is 0 Å². The number of hydrogen-bond donors (Lipinski definition) is 2. The molecule has 5 heterocycles. The highest BCUT2D eigenvalue weighted by Crippen LogP contribution is 2.34. The summed E-state index contributed by atoms with van der Waals surface area (Å²) in [6.07, 6.45) is 3.60. The molecule has 5 aromatic rings. The first kappa shape index (κ1) is 26.0. The molecule has 15 heteroatoms. The lowest BCUT2D eigenvalue weighted by Gasteiger charge is -2.14. The number of benzene rings is 1. The summed E-state index contributed by atoms with van der Waals surface area (Å²) < 4.78 is 7.69. The lowest BCUT2D eigenvalue weighted by atomic mass is 10.1. The van der Waals surface area contributed by atoms with Crippen LogP contribution in [0.4, 0.5) is 10.6 Å². The van der Waals surface area contributed by atoms with E-state index in [0.717, 1.165) is 0 Å². The molecule has 1 amide bonds. The molecule has 1 aromatic carbocycles. The Kier molecular flexibility index (Phi) is 6.74. The Balaban J connectivity index is 1.33. The molecular weight excluding hydrogens is 581 g/mol. The van der Waals surface area contributed by atoms with Gasteiger partial charge in [-0.05, 0) is 36.8 Å². The number of pyridine rings is 1. The minimum atomic E-state index is -0.628. The standard InChI is InChI=1S/C25H18Cl3N9O3/c1-40-25(39)31-19-6-2-12(10-29-19)22-23(28)33-24(32-22)17-5-7-20-30-15(9-21(38)37(17)20)14-8-13(26)3-4-16(14)36-11-18(27)34-35-36/h2-4,6,8-11,17H,5,7H2,1H3,(H,32,33)(H,29,31,39)/t17-/m0/s1. The van der Waals surface area contributed by atoms with E-state index >= 15 is 0 Å². The van der Waals surface area contributed by atoms with Crippen molar-refractivity contribution in [2.75, 3.05) is 12.4 Å². The maximum Gasteiger partial charge on any atom is 0.412 e. The van der Waals surface area contributed by atoms with Crippen LogP contribution in [0.1, 0.15) is 24.1 Å². The largest absolute Gasteiger partial charge is 0.453 e. The summed E-state index contributed by atoms with van der Waals surface area (Å²) in [4.78, 5) is 41.6. The van der Waals surface area contributed by atoms with E-state index in [2.05, 4.69) is 35.3 Å². The van der Waals surface area contributed by atoms with Crippen LogP contribution < -0.4 is 10.9 Å². The number of hydrogen-bond acceptors (Lipinski definition) is 8. The molecule has 0 aliphatic carbocycles. The summed E-state index contributed by atoms with van der Waals surface area (Å²) in [6.45, 7) is 0. The lowest BCUT2D eigenvalue weighted by molar-refractivity contribution is 0.187. The average Bonchev–Trinajstić information content (AvgIpc) is 3.67. The fourth-order valence-electron chi connectivity index (χ4n) is 4.60. The first-order valence-electron chi connectivity index (χ1n) is 11.9. The molecule has 202 valence electrons. The van der Waals surface area contributed by atoms with Gasteiger partial charge in [-0.25, -0.2) is 24.4 Å². The van der Waals surface area contributed by atoms with Gasteiger partial charge in [0.05, 0.1) is 30.7 Å². The van der Waals surface area contributed by atoms with Gasteiger partial charge in [-0.15, -0.1) is 5.10 Å². The van der Waals surface area contributed by atoms with Gasteiger partial charge < -0.3 is 9.72 Å². The smallest absolute Gasteiger partial charge is 0.412 e. The Morgan fingerprint density at radius 3 is 2.73 bits per heavy atom. The summed E-state index contributed by atoms with van der Waals surface area (Å²) >= 11 is 18.8.